The normalized spacial score (nSPS) is 17.7. The molecule has 26 heavy (non-hydrogen) atoms. The second kappa shape index (κ2) is 9.36. The standard InChI is InChI=1S/C20H23N3O2.ClH/c21-17-12-7-13-23(14-17)20(25)18(15-8-3-1-4-9-15)22-19(24)16-10-5-2-6-11-16;/h1-6,8-11,17-18H,7,12-14,21H2,(H,22,24);1H. The molecule has 1 fully saturated rings. The molecule has 2 unspecified atom stereocenters. The summed E-state index contributed by atoms with van der Waals surface area (Å²) in [6.07, 6.45) is 1.82. The van der Waals surface area contributed by atoms with Crippen molar-refractivity contribution in [1.82, 2.24) is 10.2 Å². The number of piperidine rings is 1. The zero-order valence-corrected chi connectivity index (χ0v) is 15.3. The minimum absolute atomic E-state index is 0. The summed E-state index contributed by atoms with van der Waals surface area (Å²) in [7, 11) is 0. The van der Waals surface area contributed by atoms with Crippen molar-refractivity contribution in [2.45, 2.75) is 24.9 Å². The minimum Gasteiger partial charge on any atom is -0.339 e. The number of nitrogens with one attached hydrogen (secondary N) is 1. The van der Waals surface area contributed by atoms with E-state index in [0.29, 0.717) is 18.7 Å². The van der Waals surface area contributed by atoms with Crippen molar-refractivity contribution in [3.63, 3.8) is 0 Å². The summed E-state index contributed by atoms with van der Waals surface area (Å²) in [5.41, 5.74) is 7.32. The number of amides is 2. The molecule has 6 heteroatoms. The maximum Gasteiger partial charge on any atom is 0.252 e. The fraction of sp³-hybridized carbons (Fsp3) is 0.300. The highest BCUT2D eigenvalue weighted by molar-refractivity contribution is 5.97. The minimum atomic E-state index is -0.709. The lowest BCUT2D eigenvalue weighted by atomic mass is 10.0. The summed E-state index contributed by atoms with van der Waals surface area (Å²) in [6.45, 7) is 1.21. The largest absolute Gasteiger partial charge is 0.339 e. The van der Waals surface area contributed by atoms with Gasteiger partial charge in [0.15, 0.2) is 0 Å². The molecule has 138 valence electrons. The van der Waals surface area contributed by atoms with E-state index in [2.05, 4.69) is 5.32 Å². The van der Waals surface area contributed by atoms with Crippen molar-refractivity contribution in [3.8, 4) is 0 Å². The Hall–Kier alpha value is -2.37. The van der Waals surface area contributed by atoms with Gasteiger partial charge in [-0.2, -0.15) is 0 Å². The van der Waals surface area contributed by atoms with E-state index >= 15 is 0 Å². The van der Waals surface area contributed by atoms with Crippen LogP contribution in [0.15, 0.2) is 60.7 Å². The summed E-state index contributed by atoms with van der Waals surface area (Å²) in [6, 6.07) is 17.6. The van der Waals surface area contributed by atoms with E-state index in [-0.39, 0.29) is 30.3 Å². The van der Waals surface area contributed by atoms with Crippen molar-refractivity contribution in [2.75, 3.05) is 13.1 Å². The predicted molar refractivity (Wildman–Crippen MR) is 104 cm³/mol. The molecule has 1 heterocycles. The lowest BCUT2D eigenvalue weighted by molar-refractivity contribution is -0.134. The highest BCUT2D eigenvalue weighted by Gasteiger charge is 2.30. The van der Waals surface area contributed by atoms with Crippen LogP contribution in [0.3, 0.4) is 0 Å². The first-order chi connectivity index (χ1) is 12.1. The van der Waals surface area contributed by atoms with Crippen LogP contribution in [0.1, 0.15) is 34.8 Å². The number of benzene rings is 2. The van der Waals surface area contributed by atoms with Gasteiger partial charge in [0.05, 0.1) is 0 Å². The number of halogens is 1. The molecule has 1 saturated heterocycles. The Bertz CT molecular complexity index is 724. The van der Waals surface area contributed by atoms with E-state index in [4.69, 9.17) is 5.73 Å². The number of hydrogen-bond acceptors (Lipinski definition) is 3. The first-order valence-electron chi connectivity index (χ1n) is 8.60. The van der Waals surface area contributed by atoms with Crippen LogP contribution in [-0.4, -0.2) is 35.8 Å². The molecule has 0 aromatic heterocycles. The second-order valence-electron chi connectivity index (χ2n) is 6.37. The summed E-state index contributed by atoms with van der Waals surface area (Å²) in [4.78, 5) is 27.4. The molecule has 0 bridgehead atoms. The maximum atomic E-state index is 13.1. The monoisotopic (exact) mass is 373 g/mol. The second-order valence-corrected chi connectivity index (χ2v) is 6.37. The Morgan fingerprint density at radius 3 is 2.27 bits per heavy atom. The van der Waals surface area contributed by atoms with Crippen LogP contribution in [0.5, 0.6) is 0 Å². The van der Waals surface area contributed by atoms with Gasteiger partial charge in [-0.15, -0.1) is 12.4 Å². The molecule has 1 aliphatic rings. The van der Waals surface area contributed by atoms with Gasteiger partial charge in [-0.1, -0.05) is 48.5 Å². The Morgan fingerprint density at radius 1 is 1.04 bits per heavy atom. The maximum absolute atomic E-state index is 13.1. The number of rotatable bonds is 4. The van der Waals surface area contributed by atoms with Gasteiger partial charge >= 0.3 is 0 Å². The third-order valence-corrected chi connectivity index (χ3v) is 4.46. The molecule has 1 aliphatic heterocycles. The summed E-state index contributed by atoms with van der Waals surface area (Å²) < 4.78 is 0. The Balaban J connectivity index is 0.00000243. The molecular formula is C20H24ClN3O2. The van der Waals surface area contributed by atoms with Crippen LogP contribution in [0.2, 0.25) is 0 Å². The van der Waals surface area contributed by atoms with Gasteiger partial charge < -0.3 is 16.0 Å². The highest BCUT2D eigenvalue weighted by Crippen LogP contribution is 2.19. The van der Waals surface area contributed by atoms with Gasteiger partial charge in [-0.05, 0) is 30.5 Å². The zero-order chi connectivity index (χ0) is 17.6. The van der Waals surface area contributed by atoms with Gasteiger partial charge in [0, 0.05) is 24.7 Å². The van der Waals surface area contributed by atoms with Crippen LogP contribution < -0.4 is 11.1 Å². The van der Waals surface area contributed by atoms with E-state index in [1.54, 1.807) is 29.2 Å². The Morgan fingerprint density at radius 2 is 1.65 bits per heavy atom. The molecule has 3 rings (SSSR count). The van der Waals surface area contributed by atoms with Crippen LogP contribution in [0.4, 0.5) is 0 Å². The van der Waals surface area contributed by atoms with Crippen molar-refractivity contribution in [1.29, 1.82) is 0 Å². The number of likely N-dealkylation sites (tertiary alicyclic amines) is 1. The van der Waals surface area contributed by atoms with Gasteiger partial charge in [0.25, 0.3) is 5.91 Å². The fourth-order valence-corrected chi connectivity index (χ4v) is 3.13. The van der Waals surface area contributed by atoms with Crippen LogP contribution in [-0.2, 0) is 4.79 Å². The average molecular weight is 374 g/mol. The molecule has 5 nitrogen and oxygen atoms in total. The number of carbonyl (C=O) groups excluding carboxylic acids is 2. The molecule has 0 spiro atoms. The topological polar surface area (TPSA) is 75.4 Å². The molecule has 2 aromatic rings. The van der Waals surface area contributed by atoms with Crippen molar-refractivity contribution >= 4 is 24.2 Å². The van der Waals surface area contributed by atoms with E-state index < -0.39 is 6.04 Å². The molecule has 2 atom stereocenters. The first kappa shape index (κ1) is 19.9. The first-order valence-corrected chi connectivity index (χ1v) is 8.60. The molecule has 0 radical (unpaired) electrons. The SMILES string of the molecule is Cl.NC1CCCN(C(=O)C(NC(=O)c2ccccc2)c2ccccc2)C1. The predicted octanol–water partition coefficient (Wildman–Crippen LogP) is 2.53. The third-order valence-electron chi connectivity index (χ3n) is 4.46. The number of nitrogens with two attached hydrogens (primary N) is 1. The Labute approximate surface area is 160 Å². The van der Waals surface area contributed by atoms with E-state index in [1.165, 1.54) is 0 Å². The van der Waals surface area contributed by atoms with E-state index in [9.17, 15) is 9.59 Å². The lowest BCUT2D eigenvalue weighted by Crippen LogP contribution is -2.50. The van der Waals surface area contributed by atoms with Crippen LogP contribution >= 0.6 is 12.4 Å². The molecule has 2 amide bonds. The fourth-order valence-electron chi connectivity index (χ4n) is 3.13. The number of nitrogens with zero attached hydrogens (tertiary/aromatic N) is 1. The summed E-state index contributed by atoms with van der Waals surface area (Å²) in [5.74, 6) is -0.366. The molecular weight excluding hydrogens is 350 g/mol. The molecule has 3 N–H and O–H groups in total. The smallest absolute Gasteiger partial charge is 0.252 e. The third kappa shape index (κ3) is 4.84. The van der Waals surface area contributed by atoms with Crippen molar-refractivity contribution in [2.24, 2.45) is 5.73 Å². The summed E-state index contributed by atoms with van der Waals surface area (Å²) >= 11 is 0. The van der Waals surface area contributed by atoms with E-state index in [0.717, 1.165) is 18.4 Å². The summed E-state index contributed by atoms with van der Waals surface area (Å²) in [5, 5.41) is 2.89. The van der Waals surface area contributed by atoms with Crippen molar-refractivity contribution in [3.05, 3.63) is 71.8 Å². The highest BCUT2D eigenvalue weighted by atomic mass is 35.5. The zero-order valence-electron chi connectivity index (χ0n) is 14.5. The van der Waals surface area contributed by atoms with Crippen LogP contribution in [0.25, 0.3) is 0 Å². The van der Waals surface area contributed by atoms with Crippen LogP contribution in [0, 0.1) is 0 Å². The lowest BCUT2D eigenvalue weighted by Gasteiger charge is -2.33. The van der Waals surface area contributed by atoms with Gasteiger partial charge in [-0.3, -0.25) is 9.59 Å². The molecule has 2 aromatic carbocycles. The van der Waals surface area contributed by atoms with Gasteiger partial charge in [0.2, 0.25) is 5.91 Å². The van der Waals surface area contributed by atoms with Crippen molar-refractivity contribution < 1.29 is 9.59 Å². The number of carbonyl (C=O) groups is 2. The van der Waals surface area contributed by atoms with Gasteiger partial charge in [0.1, 0.15) is 6.04 Å². The Kier molecular flexibility index (Phi) is 7.18. The quantitative estimate of drug-likeness (QED) is 0.864. The molecule has 0 aliphatic carbocycles. The molecule has 0 saturated carbocycles. The van der Waals surface area contributed by atoms with E-state index in [1.807, 2.05) is 36.4 Å². The number of hydrogen-bond donors (Lipinski definition) is 2. The average Bonchev–Trinajstić information content (AvgIpc) is 2.67. The van der Waals surface area contributed by atoms with Gasteiger partial charge in [-0.25, -0.2) is 0 Å².